The molecule has 2 rings (SSSR count). The topological polar surface area (TPSA) is 53.0 Å². The van der Waals surface area contributed by atoms with Crippen LogP contribution in [0.25, 0.3) is 0 Å². The van der Waals surface area contributed by atoms with Crippen molar-refractivity contribution >= 4 is 23.0 Å². The molecule has 0 unspecified atom stereocenters. The molecule has 0 bridgehead atoms. The van der Waals surface area contributed by atoms with Crippen LogP contribution < -0.4 is 10.6 Å². The van der Waals surface area contributed by atoms with Crippen LogP contribution >= 0.6 is 11.6 Å². The minimum atomic E-state index is 0.570. The van der Waals surface area contributed by atoms with E-state index in [1.54, 1.807) is 12.1 Å². The Hall–Kier alpha value is -2.18. The van der Waals surface area contributed by atoms with Gasteiger partial charge < -0.3 is 10.6 Å². The Morgan fingerprint density at radius 2 is 2.00 bits per heavy atom. The molecule has 0 atom stereocenters. The minimum Gasteiger partial charge on any atom is -0.398 e. The highest BCUT2D eigenvalue weighted by atomic mass is 35.5. The van der Waals surface area contributed by atoms with Crippen LogP contribution in [-0.4, -0.2) is 6.54 Å². The number of benzene rings is 2. The Morgan fingerprint density at radius 3 is 2.65 bits per heavy atom. The second kappa shape index (κ2) is 6.31. The van der Waals surface area contributed by atoms with Crippen LogP contribution in [0.15, 0.2) is 42.5 Å². The van der Waals surface area contributed by atoms with Crippen molar-refractivity contribution in [3.8, 4) is 6.07 Å². The molecule has 2 aromatic carbocycles. The lowest BCUT2D eigenvalue weighted by Gasteiger charge is -2.25. The summed E-state index contributed by atoms with van der Waals surface area (Å²) in [5.41, 5.74) is 9.25. The predicted molar refractivity (Wildman–Crippen MR) is 83.7 cm³/mol. The second-order valence-electron chi connectivity index (χ2n) is 4.49. The molecule has 0 heterocycles. The lowest BCUT2D eigenvalue weighted by Crippen LogP contribution is -2.23. The molecule has 0 saturated carbocycles. The summed E-state index contributed by atoms with van der Waals surface area (Å²) in [7, 11) is 0. The van der Waals surface area contributed by atoms with Gasteiger partial charge >= 0.3 is 0 Å². The maximum absolute atomic E-state index is 9.25. The first kappa shape index (κ1) is 14.2. The number of hydrogen-bond acceptors (Lipinski definition) is 3. The third-order valence-corrected chi connectivity index (χ3v) is 3.45. The number of nitrogens with zero attached hydrogens (tertiary/aromatic N) is 2. The standard InChI is InChI=1S/C16H16ClN3/c1-2-20(11-12-5-3-4-6-15(12)19)16-8-7-14(17)9-13(16)10-18/h3-9H,2,11,19H2,1H3. The normalized spacial score (nSPS) is 10.1. The van der Waals surface area contributed by atoms with Crippen LogP contribution in [0.1, 0.15) is 18.1 Å². The average molecular weight is 286 g/mol. The molecule has 0 spiro atoms. The van der Waals surface area contributed by atoms with Crippen molar-refractivity contribution in [2.45, 2.75) is 13.5 Å². The van der Waals surface area contributed by atoms with E-state index in [0.29, 0.717) is 17.1 Å². The van der Waals surface area contributed by atoms with E-state index in [4.69, 9.17) is 17.3 Å². The summed E-state index contributed by atoms with van der Waals surface area (Å²) < 4.78 is 0. The van der Waals surface area contributed by atoms with Gasteiger partial charge in [0, 0.05) is 23.8 Å². The predicted octanol–water partition coefficient (Wildman–Crippen LogP) is 3.82. The molecule has 3 nitrogen and oxygen atoms in total. The van der Waals surface area contributed by atoms with E-state index in [-0.39, 0.29) is 0 Å². The molecular formula is C16H16ClN3. The number of para-hydroxylation sites is 1. The van der Waals surface area contributed by atoms with E-state index in [0.717, 1.165) is 23.5 Å². The molecular weight excluding hydrogens is 270 g/mol. The number of halogens is 1. The number of nitrogens with two attached hydrogens (primary N) is 1. The van der Waals surface area contributed by atoms with Crippen molar-refractivity contribution in [1.82, 2.24) is 0 Å². The second-order valence-corrected chi connectivity index (χ2v) is 4.92. The fourth-order valence-electron chi connectivity index (χ4n) is 2.12. The quantitative estimate of drug-likeness (QED) is 0.869. The molecule has 2 aromatic rings. The third-order valence-electron chi connectivity index (χ3n) is 3.22. The van der Waals surface area contributed by atoms with Gasteiger partial charge in [-0.05, 0) is 36.8 Å². The molecule has 2 N–H and O–H groups in total. The summed E-state index contributed by atoms with van der Waals surface area (Å²) >= 11 is 5.94. The zero-order valence-electron chi connectivity index (χ0n) is 11.3. The lowest BCUT2D eigenvalue weighted by molar-refractivity contribution is 0.832. The van der Waals surface area contributed by atoms with E-state index in [9.17, 15) is 5.26 Å². The van der Waals surface area contributed by atoms with Crippen molar-refractivity contribution in [3.05, 3.63) is 58.6 Å². The Morgan fingerprint density at radius 1 is 1.25 bits per heavy atom. The van der Waals surface area contributed by atoms with E-state index >= 15 is 0 Å². The monoisotopic (exact) mass is 285 g/mol. The maximum Gasteiger partial charge on any atom is 0.101 e. The molecule has 0 radical (unpaired) electrons. The minimum absolute atomic E-state index is 0.570. The Balaban J connectivity index is 2.34. The summed E-state index contributed by atoms with van der Waals surface area (Å²) in [5, 5.41) is 9.82. The molecule has 20 heavy (non-hydrogen) atoms. The van der Waals surface area contributed by atoms with Crippen molar-refractivity contribution in [2.24, 2.45) is 0 Å². The molecule has 0 aliphatic rings. The van der Waals surface area contributed by atoms with Crippen LogP contribution in [0.4, 0.5) is 11.4 Å². The summed E-state index contributed by atoms with van der Waals surface area (Å²) in [6, 6.07) is 15.3. The summed E-state index contributed by atoms with van der Waals surface area (Å²) in [5.74, 6) is 0. The summed E-state index contributed by atoms with van der Waals surface area (Å²) in [6.45, 7) is 3.50. The van der Waals surface area contributed by atoms with Crippen LogP contribution in [0.2, 0.25) is 5.02 Å². The van der Waals surface area contributed by atoms with E-state index in [2.05, 4.69) is 17.9 Å². The van der Waals surface area contributed by atoms with Crippen LogP contribution in [0, 0.1) is 11.3 Å². The van der Waals surface area contributed by atoms with Crippen LogP contribution in [0.5, 0.6) is 0 Å². The van der Waals surface area contributed by atoms with E-state index < -0.39 is 0 Å². The highest BCUT2D eigenvalue weighted by molar-refractivity contribution is 6.30. The largest absolute Gasteiger partial charge is 0.398 e. The van der Waals surface area contributed by atoms with E-state index in [1.165, 1.54) is 0 Å². The number of rotatable bonds is 4. The van der Waals surface area contributed by atoms with Gasteiger partial charge in [0.2, 0.25) is 0 Å². The van der Waals surface area contributed by atoms with Gasteiger partial charge in [0.15, 0.2) is 0 Å². The van der Waals surface area contributed by atoms with Gasteiger partial charge in [-0.1, -0.05) is 29.8 Å². The van der Waals surface area contributed by atoms with Crippen molar-refractivity contribution in [3.63, 3.8) is 0 Å². The molecule has 0 saturated heterocycles. The van der Waals surface area contributed by atoms with Crippen molar-refractivity contribution < 1.29 is 0 Å². The molecule has 0 aliphatic carbocycles. The Kier molecular flexibility index (Phi) is 4.49. The molecule has 0 fully saturated rings. The van der Waals surface area contributed by atoms with Gasteiger partial charge in [-0.3, -0.25) is 0 Å². The third kappa shape index (κ3) is 3.04. The number of hydrogen-bond donors (Lipinski definition) is 1. The van der Waals surface area contributed by atoms with Crippen LogP contribution in [0.3, 0.4) is 0 Å². The SMILES string of the molecule is CCN(Cc1ccccc1N)c1ccc(Cl)cc1C#N. The van der Waals surface area contributed by atoms with Crippen LogP contribution in [-0.2, 0) is 6.54 Å². The average Bonchev–Trinajstić information content (AvgIpc) is 2.46. The zero-order chi connectivity index (χ0) is 14.5. The summed E-state index contributed by atoms with van der Waals surface area (Å²) in [4.78, 5) is 2.11. The first-order valence-electron chi connectivity index (χ1n) is 6.43. The highest BCUT2D eigenvalue weighted by Crippen LogP contribution is 2.26. The summed E-state index contributed by atoms with van der Waals surface area (Å²) in [6.07, 6.45) is 0. The van der Waals surface area contributed by atoms with Gasteiger partial charge in [-0.2, -0.15) is 5.26 Å². The number of nitrogen functional groups attached to an aromatic ring is 1. The Bertz CT molecular complexity index is 646. The van der Waals surface area contributed by atoms with Gasteiger partial charge in [0.1, 0.15) is 6.07 Å². The van der Waals surface area contributed by atoms with Crippen molar-refractivity contribution in [1.29, 1.82) is 5.26 Å². The first-order valence-corrected chi connectivity index (χ1v) is 6.81. The van der Waals surface area contributed by atoms with Crippen molar-refractivity contribution in [2.75, 3.05) is 17.2 Å². The van der Waals surface area contributed by atoms with Gasteiger partial charge in [-0.15, -0.1) is 0 Å². The van der Waals surface area contributed by atoms with Gasteiger partial charge in [0.05, 0.1) is 11.3 Å². The molecule has 102 valence electrons. The molecule has 0 amide bonds. The van der Waals surface area contributed by atoms with E-state index in [1.807, 2.05) is 30.3 Å². The fraction of sp³-hybridized carbons (Fsp3) is 0.188. The maximum atomic E-state index is 9.25. The molecule has 4 heteroatoms. The Labute approximate surface area is 124 Å². The zero-order valence-corrected chi connectivity index (χ0v) is 12.1. The number of anilines is 2. The van der Waals surface area contributed by atoms with Gasteiger partial charge in [0.25, 0.3) is 0 Å². The fourth-order valence-corrected chi connectivity index (χ4v) is 2.30. The smallest absolute Gasteiger partial charge is 0.101 e. The lowest BCUT2D eigenvalue weighted by atomic mass is 10.1. The highest BCUT2D eigenvalue weighted by Gasteiger charge is 2.12. The molecule has 0 aliphatic heterocycles. The molecule has 0 aromatic heterocycles. The van der Waals surface area contributed by atoms with Gasteiger partial charge in [-0.25, -0.2) is 0 Å². The first-order chi connectivity index (χ1) is 9.65. The number of nitriles is 1.